The number of carbonyl (C=O) groups excluding carboxylic acids is 2. The Hall–Kier alpha value is -3.36. The number of hydrogen-bond donors (Lipinski definition) is 1. The molecule has 2 amide bonds. The average molecular weight is 598 g/mol. The van der Waals surface area contributed by atoms with E-state index in [9.17, 15) is 18.0 Å². The van der Waals surface area contributed by atoms with Crippen molar-refractivity contribution in [2.75, 3.05) is 17.1 Å². The molecule has 0 aliphatic carbocycles. The first-order valence-electron chi connectivity index (χ1n) is 13.9. The molecule has 220 valence electrons. The molecule has 3 aromatic carbocycles. The molecule has 0 bridgehead atoms. The van der Waals surface area contributed by atoms with E-state index >= 15 is 0 Å². The van der Waals surface area contributed by atoms with E-state index in [2.05, 4.69) is 5.32 Å². The van der Waals surface area contributed by atoms with Gasteiger partial charge in [-0.15, -0.1) is 0 Å². The normalized spacial score (nSPS) is 12.8. The lowest BCUT2D eigenvalue weighted by atomic mass is 10.0. The van der Waals surface area contributed by atoms with Crippen LogP contribution in [-0.4, -0.2) is 50.0 Å². The van der Waals surface area contributed by atoms with Gasteiger partial charge in [0.2, 0.25) is 21.8 Å². The Morgan fingerprint density at radius 3 is 2.27 bits per heavy atom. The SMILES string of the molecule is CC[C@H](C)NC(=O)[C@H](Cc1ccccc1)N(Cc1cccc(Cl)c1)C(=O)CCCN(c1cccc(C)c1)S(C)(=O)=O. The third kappa shape index (κ3) is 9.90. The minimum Gasteiger partial charge on any atom is -0.352 e. The van der Waals surface area contributed by atoms with Crippen LogP contribution >= 0.6 is 11.6 Å². The molecule has 0 unspecified atom stereocenters. The molecule has 0 aliphatic rings. The van der Waals surface area contributed by atoms with Crippen molar-refractivity contribution in [3.8, 4) is 0 Å². The number of hydrogen-bond acceptors (Lipinski definition) is 4. The zero-order chi connectivity index (χ0) is 30.0. The molecular weight excluding hydrogens is 558 g/mol. The fraction of sp³-hybridized carbons (Fsp3) is 0.375. The Morgan fingerprint density at radius 2 is 1.63 bits per heavy atom. The number of amides is 2. The first-order valence-corrected chi connectivity index (χ1v) is 16.1. The quantitative estimate of drug-likeness (QED) is 0.256. The highest BCUT2D eigenvalue weighted by atomic mass is 35.5. The molecule has 3 aromatic rings. The van der Waals surface area contributed by atoms with Crippen LogP contribution in [-0.2, 0) is 32.6 Å². The standard InChI is InChI=1S/C32H40ClN3O4S/c1-5-25(3)34-32(38)30(22-26-13-7-6-8-14-26)35(23-27-15-10-16-28(33)21-27)31(37)18-11-19-36(41(4,39)40)29-17-9-12-24(2)20-29/h6-10,12-17,20-21,25,30H,5,11,18-19,22-23H2,1-4H3,(H,34,38)/t25-,30-/m0/s1. The Morgan fingerprint density at radius 1 is 0.951 bits per heavy atom. The van der Waals surface area contributed by atoms with Crippen LogP contribution in [0.2, 0.25) is 5.02 Å². The number of anilines is 1. The van der Waals surface area contributed by atoms with Gasteiger partial charge in [0.05, 0.1) is 11.9 Å². The minimum atomic E-state index is -3.56. The highest BCUT2D eigenvalue weighted by molar-refractivity contribution is 7.92. The maximum atomic E-state index is 13.9. The zero-order valence-corrected chi connectivity index (χ0v) is 25.8. The van der Waals surface area contributed by atoms with Crippen LogP contribution in [0.5, 0.6) is 0 Å². The van der Waals surface area contributed by atoms with Crippen molar-refractivity contribution in [3.63, 3.8) is 0 Å². The van der Waals surface area contributed by atoms with Crippen LogP contribution in [0.15, 0.2) is 78.9 Å². The number of aryl methyl sites for hydroxylation is 1. The van der Waals surface area contributed by atoms with E-state index in [0.29, 0.717) is 17.1 Å². The average Bonchev–Trinajstić information content (AvgIpc) is 2.92. The first-order chi connectivity index (χ1) is 19.5. The Labute approximate surface area is 249 Å². The van der Waals surface area contributed by atoms with Gasteiger partial charge in [0.1, 0.15) is 6.04 Å². The summed E-state index contributed by atoms with van der Waals surface area (Å²) in [4.78, 5) is 29.1. The summed E-state index contributed by atoms with van der Waals surface area (Å²) >= 11 is 6.25. The van der Waals surface area contributed by atoms with Crippen LogP contribution in [0.4, 0.5) is 5.69 Å². The van der Waals surface area contributed by atoms with Gasteiger partial charge in [0.25, 0.3) is 0 Å². The maximum absolute atomic E-state index is 13.9. The number of halogens is 1. The number of nitrogens with zero attached hydrogens (tertiary/aromatic N) is 2. The summed E-state index contributed by atoms with van der Waals surface area (Å²) in [7, 11) is -3.56. The van der Waals surface area contributed by atoms with Crippen LogP contribution in [0.25, 0.3) is 0 Å². The second-order valence-corrected chi connectivity index (χ2v) is 12.8. The van der Waals surface area contributed by atoms with Gasteiger partial charge in [-0.25, -0.2) is 8.42 Å². The summed E-state index contributed by atoms with van der Waals surface area (Å²) in [6, 6.07) is 23.3. The third-order valence-electron chi connectivity index (χ3n) is 6.96. The van der Waals surface area contributed by atoms with Gasteiger partial charge in [-0.1, -0.05) is 73.1 Å². The molecule has 0 saturated heterocycles. The van der Waals surface area contributed by atoms with Gasteiger partial charge >= 0.3 is 0 Å². The number of carbonyl (C=O) groups is 2. The largest absolute Gasteiger partial charge is 0.352 e. The van der Waals surface area contributed by atoms with Crippen molar-refractivity contribution in [1.82, 2.24) is 10.2 Å². The summed E-state index contributed by atoms with van der Waals surface area (Å²) in [5.74, 6) is -0.459. The Balaban J connectivity index is 1.89. The third-order valence-corrected chi connectivity index (χ3v) is 8.39. The molecule has 0 radical (unpaired) electrons. The topological polar surface area (TPSA) is 86.8 Å². The molecule has 0 heterocycles. The molecule has 0 fully saturated rings. The van der Waals surface area contributed by atoms with Crippen molar-refractivity contribution in [3.05, 3.63) is 101 Å². The van der Waals surface area contributed by atoms with E-state index in [4.69, 9.17) is 11.6 Å². The van der Waals surface area contributed by atoms with Gasteiger partial charge in [0, 0.05) is 37.0 Å². The van der Waals surface area contributed by atoms with E-state index in [1.165, 1.54) is 4.31 Å². The fourth-order valence-electron chi connectivity index (χ4n) is 4.61. The fourth-order valence-corrected chi connectivity index (χ4v) is 5.78. The van der Waals surface area contributed by atoms with Crippen LogP contribution < -0.4 is 9.62 Å². The van der Waals surface area contributed by atoms with Crippen molar-refractivity contribution in [1.29, 1.82) is 0 Å². The van der Waals surface area contributed by atoms with Crippen LogP contribution in [0.3, 0.4) is 0 Å². The van der Waals surface area contributed by atoms with Crippen molar-refractivity contribution < 1.29 is 18.0 Å². The first kappa shape index (κ1) is 32.2. The summed E-state index contributed by atoms with van der Waals surface area (Å²) in [5.41, 5.74) is 3.24. The molecule has 3 rings (SSSR count). The van der Waals surface area contributed by atoms with E-state index < -0.39 is 16.1 Å². The van der Waals surface area contributed by atoms with Crippen molar-refractivity contribution in [2.24, 2.45) is 0 Å². The van der Waals surface area contributed by atoms with Crippen LogP contribution in [0.1, 0.15) is 49.8 Å². The number of sulfonamides is 1. The number of nitrogens with one attached hydrogen (secondary N) is 1. The van der Waals surface area contributed by atoms with Gasteiger partial charge < -0.3 is 10.2 Å². The molecule has 2 atom stereocenters. The molecule has 41 heavy (non-hydrogen) atoms. The number of rotatable bonds is 14. The Bertz CT molecular complexity index is 1420. The van der Waals surface area contributed by atoms with Gasteiger partial charge in [0.15, 0.2) is 0 Å². The molecule has 0 aromatic heterocycles. The van der Waals surface area contributed by atoms with E-state index in [1.54, 1.807) is 23.1 Å². The van der Waals surface area contributed by atoms with Gasteiger partial charge in [-0.2, -0.15) is 0 Å². The zero-order valence-electron chi connectivity index (χ0n) is 24.2. The lowest BCUT2D eigenvalue weighted by molar-refractivity contribution is -0.141. The lowest BCUT2D eigenvalue weighted by Gasteiger charge is -2.32. The smallest absolute Gasteiger partial charge is 0.243 e. The lowest BCUT2D eigenvalue weighted by Crippen LogP contribution is -2.52. The second kappa shape index (κ2) is 15.0. The highest BCUT2D eigenvalue weighted by Crippen LogP contribution is 2.22. The molecule has 1 N–H and O–H groups in total. The molecular formula is C32H40ClN3O4S. The molecule has 9 heteroatoms. The predicted molar refractivity (Wildman–Crippen MR) is 166 cm³/mol. The summed E-state index contributed by atoms with van der Waals surface area (Å²) < 4.78 is 26.6. The Kier molecular flexibility index (Phi) is 11.8. The molecule has 0 aliphatic heterocycles. The number of benzene rings is 3. The van der Waals surface area contributed by atoms with Crippen molar-refractivity contribution in [2.45, 2.75) is 65.1 Å². The van der Waals surface area contributed by atoms with Gasteiger partial charge in [-0.05, 0) is 67.6 Å². The molecule has 0 saturated carbocycles. The summed E-state index contributed by atoms with van der Waals surface area (Å²) in [6.45, 7) is 6.16. The van der Waals surface area contributed by atoms with E-state index in [-0.39, 0.29) is 43.8 Å². The monoisotopic (exact) mass is 597 g/mol. The molecule has 0 spiro atoms. The minimum absolute atomic E-state index is 0.0541. The highest BCUT2D eigenvalue weighted by Gasteiger charge is 2.31. The van der Waals surface area contributed by atoms with Crippen LogP contribution in [0, 0.1) is 6.92 Å². The van der Waals surface area contributed by atoms with Crippen molar-refractivity contribution >= 4 is 39.1 Å². The predicted octanol–water partition coefficient (Wildman–Crippen LogP) is 5.75. The summed E-state index contributed by atoms with van der Waals surface area (Å²) in [6.07, 6.45) is 2.62. The van der Waals surface area contributed by atoms with E-state index in [0.717, 1.165) is 29.4 Å². The van der Waals surface area contributed by atoms with E-state index in [1.807, 2.05) is 81.4 Å². The maximum Gasteiger partial charge on any atom is 0.243 e. The van der Waals surface area contributed by atoms with Gasteiger partial charge in [-0.3, -0.25) is 13.9 Å². The summed E-state index contributed by atoms with van der Waals surface area (Å²) in [5, 5.41) is 3.60. The molecule has 7 nitrogen and oxygen atoms in total. The second-order valence-electron chi connectivity index (χ2n) is 10.5.